The van der Waals surface area contributed by atoms with Gasteiger partial charge in [0.25, 0.3) is 5.91 Å². The molecule has 0 spiro atoms. The molecule has 5 nitrogen and oxygen atoms in total. The Morgan fingerprint density at radius 2 is 1.97 bits per heavy atom. The minimum Gasteiger partial charge on any atom is -0.484 e. The number of hydrogen-bond donors (Lipinski definition) is 1. The van der Waals surface area contributed by atoms with Crippen molar-refractivity contribution in [3.63, 3.8) is 0 Å². The zero-order valence-corrected chi connectivity index (χ0v) is 18.2. The van der Waals surface area contributed by atoms with Crippen molar-refractivity contribution in [3.05, 3.63) is 45.8 Å². The van der Waals surface area contributed by atoms with Crippen molar-refractivity contribution in [3.8, 4) is 5.75 Å². The summed E-state index contributed by atoms with van der Waals surface area (Å²) in [5.41, 5.74) is 2.81. The van der Waals surface area contributed by atoms with Crippen LogP contribution in [0.15, 0.2) is 24.3 Å². The summed E-state index contributed by atoms with van der Waals surface area (Å²) >= 11 is 1.49. The van der Waals surface area contributed by atoms with E-state index in [1.165, 1.54) is 21.8 Å². The second-order valence-corrected chi connectivity index (χ2v) is 8.61. The van der Waals surface area contributed by atoms with Crippen molar-refractivity contribution in [2.75, 3.05) is 18.5 Å². The van der Waals surface area contributed by atoms with Crippen LogP contribution in [0.25, 0.3) is 0 Å². The summed E-state index contributed by atoms with van der Waals surface area (Å²) in [6.07, 6.45) is 4.94. The first-order chi connectivity index (χ1) is 14.0. The van der Waals surface area contributed by atoms with Crippen LogP contribution >= 0.6 is 11.3 Å². The molecule has 0 saturated carbocycles. The number of aryl methyl sites for hydroxylation is 1. The minimum absolute atomic E-state index is 0.103. The molecule has 1 unspecified atom stereocenters. The number of rotatable bonds is 8. The largest absolute Gasteiger partial charge is 0.484 e. The smallest absolute Gasteiger partial charge is 0.341 e. The zero-order chi connectivity index (χ0) is 20.8. The molecule has 1 aromatic carbocycles. The molecule has 1 N–H and O–H groups in total. The molecule has 1 atom stereocenters. The monoisotopic (exact) mass is 415 g/mol. The highest BCUT2D eigenvalue weighted by Gasteiger charge is 2.29. The van der Waals surface area contributed by atoms with E-state index >= 15 is 0 Å². The van der Waals surface area contributed by atoms with E-state index in [-0.39, 0.29) is 18.5 Å². The molecule has 0 bridgehead atoms. The van der Waals surface area contributed by atoms with Crippen LogP contribution in [0, 0.1) is 5.92 Å². The maximum Gasteiger partial charge on any atom is 0.341 e. The van der Waals surface area contributed by atoms with E-state index in [4.69, 9.17) is 9.47 Å². The fourth-order valence-corrected chi connectivity index (χ4v) is 5.03. The Labute approximate surface area is 176 Å². The number of carbonyl (C=O) groups is 2. The maximum absolute atomic E-state index is 12.5. The van der Waals surface area contributed by atoms with Gasteiger partial charge in [0.1, 0.15) is 10.8 Å². The molecular weight excluding hydrogens is 386 g/mol. The van der Waals surface area contributed by atoms with E-state index in [1.807, 2.05) is 24.3 Å². The van der Waals surface area contributed by atoms with Crippen LogP contribution < -0.4 is 10.1 Å². The molecule has 156 valence electrons. The number of anilines is 1. The summed E-state index contributed by atoms with van der Waals surface area (Å²) in [5.74, 6) is 0.603. The summed E-state index contributed by atoms with van der Waals surface area (Å²) in [4.78, 5) is 26.2. The number of ether oxygens (including phenoxy) is 2. The van der Waals surface area contributed by atoms with Crippen LogP contribution in [0.2, 0.25) is 0 Å². The van der Waals surface area contributed by atoms with Gasteiger partial charge in [0.15, 0.2) is 6.61 Å². The van der Waals surface area contributed by atoms with Gasteiger partial charge >= 0.3 is 5.97 Å². The molecule has 2 aromatic rings. The highest BCUT2D eigenvalue weighted by atomic mass is 32.1. The first-order valence-electron chi connectivity index (χ1n) is 10.3. The molecule has 0 saturated heterocycles. The second kappa shape index (κ2) is 9.92. The van der Waals surface area contributed by atoms with Crippen molar-refractivity contribution in [2.45, 2.75) is 52.9 Å². The second-order valence-electron chi connectivity index (χ2n) is 7.51. The number of carbonyl (C=O) groups excluding carboxylic acids is 2. The lowest BCUT2D eigenvalue weighted by Crippen LogP contribution is -2.21. The molecule has 0 aliphatic heterocycles. The van der Waals surface area contributed by atoms with Crippen LogP contribution in [-0.4, -0.2) is 25.1 Å². The Kier molecular flexibility index (Phi) is 7.31. The standard InChI is InChI=1S/C23H29NO4S/c1-4-6-16-8-10-17(11-9-16)28-14-20(25)24-22-21(23(26)27-5-2)18-12-7-15(3)13-19(18)29-22/h8-11,15H,4-7,12-14H2,1-3H3,(H,24,25). The fraction of sp³-hybridized carbons (Fsp3) is 0.478. The highest BCUT2D eigenvalue weighted by Crippen LogP contribution is 2.40. The van der Waals surface area contributed by atoms with Gasteiger partial charge in [-0.1, -0.05) is 32.4 Å². The van der Waals surface area contributed by atoms with Gasteiger partial charge in [-0.2, -0.15) is 0 Å². The van der Waals surface area contributed by atoms with Crippen molar-refractivity contribution < 1.29 is 19.1 Å². The number of nitrogens with one attached hydrogen (secondary N) is 1. The van der Waals surface area contributed by atoms with Gasteiger partial charge in [0, 0.05) is 4.88 Å². The summed E-state index contributed by atoms with van der Waals surface area (Å²) in [5, 5.41) is 3.46. The van der Waals surface area contributed by atoms with E-state index in [1.54, 1.807) is 6.92 Å². The highest BCUT2D eigenvalue weighted by molar-refractivity contribution is 7.17. The molecule has 3 rings (SSSR count). The summed E-state index contributed by atoms with van der Waals surface area (Å²) < 4.78 is 10.9. The molecule has 1 aliphatic carbocycles. The van der Waals surface area contributed by atoms with Gasteiger partial charge in [0.2, 0.25) is 0 Å². The normalized spacial score (nSPS) is 15.5. The predicted molar refractivity (Wildman–Crippen MR) is 116 cm³/mol. The van der Waals surface area contributed by atoms with Crippen LogP contribution in [-0.2, 0) is 28.8 Å². The Morgan fingerprint density at radius 3 is 2.66 bits per heavy atom. The van der Waals surface area contributed by atoms with Crippen LogP contribution in [0.4, 0.5) is 5.00 Å². The van der Waals surface area contributed by atoms with Gasteiger partial charge in [-0.05, 0) is 61.8 Å². The Hall–Kier alpha value is -2.34. The summed E-state index contributed by atoms with van der Waals surface area (Å²) in [6.45, 7) is 6.35. The Balaban J connectivity index is 1.68. The summed E-state index contributed by atoms with van der Waals surface area (Å²) in [6, 6.07) is 7.80. The Morgan fingerprint density at radius 1 is 1.21 bits per heavy atom. The van der Waals surface area contributed by atoms with E-state index in [0.29, 0.717) is 28.8 Å². The molecule has 1 amide bonds. The number of benzene rings is 1. The first-order valence-corrected chi connectivity index (χ1v) is 11.2. The van der Waals surface area contributed by atoms with Gasteiger partial charge < -0.3 is 14.8 Å². The van der Waals surface area contributed by atoms with E-state index in [2.05, 4.69) is 19.2 Å². The lowest BCUT2D eigenvalue weighted by atomic mass is 9.88. The number of amides is 1. The topological polar surface area (TPSA) is 64.6 Å². The van der Waals surface area contributed by atoms with E-state index < -0.39 is 0 Å². The van der Waals surface area contributed by atoms with Gasteiger partial charge in [-0.3, -0.25) is 4.79 Å². The fourth-order valence-electron chi connectivity index (χ4n) is 3.61. The third-order valence-corrected chi connectivity index (χ3v) is 6.25. The molecular formula is C23H29NO4S. The molecule has 1 heterocycles. The SMILES string of the molecule is CCCc1ccc(OCC(=O)Nc2sc3c(c2C(=O)OCC)CCC(C)C3)cc1. The quantitative estimate of drug-likeness (QED) is 0.615. The molecule has 29 heavy (non-hydrogen) atoms. The van der Waals surface area contributed by atoms with Crippen LogP contribution in [0.1, 0.15) is 60.0 Å². The van der Waals surface area contributed by atoms with E-state index in [0.717, 1.165) is 37.7 Å². The first kappa shape index (κ1) is 21.4. The van der Waals surface area contributed by atoms with Crippen molar-refractivity contribution in [1.29, 1.82) is 0 Å². The average molecular weight is 416 g/mol. The molecule has 0 radical (unpaired) electrons. The molecule has 1 aromatic heterocycles. The lowest BCUT2D eigenvalue weighted by Gasteiger charge is -2.18. The summed E-state index contributed by atoms with van der Waals surface area (Å²) in [7, 11) is 0. The maximum atomic E-state index is 12.5. The molecule has 1 aliphatic rings. The number of esters is 1. The third-order valence-electron chi connectivity index (χ3n) is 5.08. The minimum atomic E-state index is -0.359. The Bertz CT molecular complexity index is 857. The predicted octanol–water partition coefficient (Wildman–Crippen LogP) is 5.02. The van der Waals surface area contributed by atoms with Gasteiger partial charge in [0.05, 0.1) is 12.2 Å². The third kappa shape index (κ3) is 5.38. The number of thiophene rings is 1. The lowest BCUT2D eigenvalue weighted by molar-refractivity contribution is -0.118. The molecule has 6 heteroatoms. The zero-order valence-electron chi connectivity index (χ0n) is 17.4. The van der Waals surface area contributed by atoms with E-state index in [9.17, 15) is 9.59 Å². The van der Waals surface area contributed by atoms with Crippen LogP contribution in [0.5, 0.6) is 5.75 Å². The number of hydrogen-bond acceptors (Lipinski definition) is 5. The van der Waals surface area contributed by atoms with Gasteiger partial charge in [-0.25, -0.2) is 4.79 Å². The van der Waals surface area contributed by atoms with Crippen LogP contribution in [0.3, 0.4) is 0 Å². The van der Waals surface area contributed by atoms with Crippen molar-refractivity contribution in [1.82, 2.24) is 0 Å². The van der Waals surface area contributed by atoms with Gasteiger partial charge in [-0.15, -0.1) is 11.3 Å². The number of fused-ring (bicyclic) bond motifs is 1. The molecule has 0 fully saturated rings. The van der Waals surface area contributed by atoms with Crippen molar-refractivity contribution in [2.24, 2.45) is 5.92 Å². The van der Waals surface area contributed by atoms with Crippen molar-refractivity contribution >= 4 is 28.2 Å². The average Bonchev–Trinajstić information content (AvgIpc) is 3.04.